The van der Waals surface area contributed by atoms with Gasteiger partial charge in [0, 0.05) is 32.2 Å². The fraction of sp³-hybridized carbons (Fsp3) is 0.882. The Morgan fingerprint density at radius 1 is 0.957 bits per heavy atom. The van der Waals surface area contributed by atoms with Gasteiger partial charge in [-0.3, -0.25) is 9.69 Å². The highest BCUT2D eigenvalue weighted by Gasteiger charge is 2.27. The lowest BCUT2D eigenvalue weighted by Crippen LogP contribution is -2.55. The molecule has 23 heavy (non-hydrogen) atoms. The molecule has 1 aliphatic carbocycles. The van der Waals surface area contributed by atoms with Crippen LogP contribution in [0.4, 0.5) is 4.79 Å². The standard InChI is InChI=1S/C17H30N4O2/c22-16(15-7-4-8-18-15)13-20-9-11-21(12-10-20)17(23)19-14-5-2-1-3-6-14/h14-15,18H,1-13H2,(H,19,23). The maximum absolute atomic E-state index is 12.3. The fourth-order valence-electron chi connectivity index (χ4n) is 3.91. The molecule has 3 fully saturated rings. The zero-order chi connectivity index (χ0) is 16.1. The number of rotatable bonds is 4. The second kappa shape index (κ2) is 8.11. The van der Waals surface area contributed by atoms with Crippen LogP contribution in [0.15, 0.2) is 0 Å². The van der Waals surface area contributed by atoms with Crippen molar-refractivity contribution in [2.75, 3.05) is 39.3 Å². The Bertz CT molecular complexity index is 409. The van der Waals surface area contributed by atoms with Crippen LogP contribution in [0.25, 0.3) is 0 Å². The molecule has 6 heteroatoms. The van der Waals surface area contributed by atoms with Crippen LogP contribution in [0.5, 0.6) is 0 Å². The van der Waals surface area contributed by atoms with E-state index in [0.717, 1.165) is 58.4 Å². The van der Waals surface area contributed by atoms with Crippen LogP contribution in [-0.4, -0.2) is 73.0 Å². The molecule has 2 amide bonds. The Balaban J connectivity index is 1.37. The number of hydrogen-bond donors (Lipinski definition) is 2. The van der Waals surface area contributed by atoms with Crippen molar-refractivity contribution < 1.29 is 9.59 Å². The summed E-state index contributed by atoms with van der Waals surface area (Å²) < 4.78 is 0. The Labute approximate surface area is 139 Å². The van der Waals surface area contributed by atoms with E-state index in [-0.39, 0.29) is 12.1 Å². The third-order valence-corrected chi connectivity index (χ3v) is 5.42. The van der Waals surface area contributed by atoms with Gasteiger partial charge in [0.2, 0.25) is 0 Å². The van der Waals surface area contributed by atoms with E-state index in [1.54, 1.807) is 0 Å². The van der Waals surface area contributed by atoms with Gasteiger partial charge in [0.25, 0.3) is 0 Å². The van der Waals surface area contributed by atoms with Crippen molar-refractivity contribution in [3.05, 3.63) is 0 Å². The second-order valence-electron chi connectivity index (χ2n) is 7.16. The minimum absolute atomic E-state index is 0.0580. The number of piperazine rings is 1. The molecule has 2 saturated heterocycles. The van der Waals surface area contributed by atoms with Crippen LogP contribution in [0, 0.1) is 0 Å². The highest BCUT2D eigenvalue weighted by molar-refractivity contribution is 5.86. The van der Waals surface area contributed by atoms with E-state index in [2.05, 4.69) is 15.5 Å². The molecular weight excluding hydrogens is 292 g/mol. The van der Waals surface area contributed by atoms with Gasteiger partial charge in [-0.25, -0.2) is 4.79 Å². The van der Waals surface area contributed by atoms with Gasteiger partial charge in [0.1, 0.15) is 0 Å². The van der Waals surface area contributed by atoms with Crippen molar-refractivity contribution in [3.8, 4) is 0 Å². The van der Waals surface area contributed by atoms with Gasteiger partial charge in [0.05, 0.1) is 12.6 Å². The Hall–Kier alpha value is -1.14. The van der Waals surface area contributed by atoms with Crippen LogP contribution >= 0.6 is 0 Å². The summed E-state index contributed by atoms with van der Waals surface area (Å²) in [4.78, 5) is 28.6. The van der Waals surface area contributed by atoms with Crippen LogP contribution in [-0.2, 0) is 4.79 Å². The topological polar surface area (TPSA) is 64.7 Å². The monoisotopic (exact) mass is 322 g/mol. The molecule has 2 aliphatic heterocycles. The summed E-state index contributed by atoms with van der Waals surface area (Å²) in [6, 6.07) is 0.507. The highest BCUT2D eigenvalue weighted by atomic mass is 16.2. The Morgan fingerprint density at radius 2 is 1.70 bits per heavy atom. The Kier molecular flexibility index (Phi) is 5.89. The number of Topliss-reactive ketones (excluding diaryl/α,β-unsaturated/α-hetero) is 1. The van der Waals surface area contributed by atoms with E-state index < -0.39 is 0 Å². The van der Waals surface area contributed by atoms with Crippen LogP contribution in [0.1, 0.15) is 44.9 Å². The summed E-state index contributed by atoms with van der Waals surface area (Å²) in [7, 11) is 0. The number of carbonyl (C=O) groups is 2. The van der Waals surface area contributed by atoms with Crippen molar-refractivity contribution in [3.63, 3.8) is 0 Å². The van der Waals surface area contributed by atoms with Crippen molar-refractivity contribution in [1.82, 2.24) is 20.4 Å². The highest BCUT2D eigenvalue weighted by Crippen LogP contribution is 2.17. The first-order valence-electron chi connectivity index (χ1n) is 9.26. The molecule has 6 nitrogen and oxygen atoms in total. The Morgan fingerprint density at radius 3 is 2.35 bits per heavy atom. The molecule has 2 heterocycles. The molecule has 2 N–H and O–H groups in total. The van der Waals surface area contributed by atoms with Crippen LogP contribution < -0.4 is 10.6 Å². The van der Waals surface area contributed by atoms with Gasteiger partial charge in [0.15, 0.2) is 5.78 Å². The lowest BCUT2D eigenvalue weighted by molar-refractivity contribution is -0.122. The van der Waals surface area contributed by atoms with E-state index >= 15 is 0 Å². The van der Waals surface area contributed by atoms with E-state index in [9.17, 15) is 9.59 Å². The van der Waals surface area contributed by atoms with Crippen LogP contribution in [0.2, 0.25) is 0 Å². The van der Waals surface area contributed by atoms with Crippen molar-refractivity contribution >= 4 is 11.8 Å². The zero-order valence-corrected chi connectivity index (χ0v) is 14.1. The number of nitrogens with zero attached hydrogens (tertiary/aromatic N) is 2. The first-order chi connectivity index (χ1) is 11.2. The molecule has 0 radical (unpaired) electrons. The molecule has 0 spiro atoms. The number of urea groups is 1. The van der Waals surface area contributed by atoms with Gasteiger partial charge in [-0.2, -0.15) is 0 Å². The van der Waals surface area contributed by atoms with Crippen LogP contribution in [0.3, 0.4) is 0 Å². The number of amides is 2. The lowest BCUT2D eigenvalue weighted by atomic mass is 9.96. The van der Waals surface area contributed by atoms with Crippen molar-refractivity contribution in [2.45, 2.75) is 57.0 Å². The summed E-state index contributed by atoms with van der Waals surface area (Å²) in [5.74, 6) is 0.308. The summed E-state index contributed by atoms with van der Waals surface area (Å²) in [6.45, 7) is 4.54. The lowest BCUT2D eigenvalue weighted by Gasteiger charge is -2.36. The average Bonchev–Trinajstić information content (AvgIpc) is 3.11. The number of nitrogens with one attached hydrogen (secondary N) is 2. The quantitative estimate of drug-likeness (QED) is 0.809. The smallest absolute Gasteiger partial charge is 0.317 e. The second-order valence-corrected chi connectivity index (χ2v) is 7.16. The van der Waals surface area contributed by atoms with E-state index in [1.807, 2.05) is 4.90 Å². The minimum Gasteiger partial charge on any atom is -0.335 e. The average molecular weight is 322 g/mol. The van der Waals surface area contributed by atoms with E-state index in [0.29, 0.717) is 18.4 Å². The predicted molar refractivity (Wildman–Crippen MR) is 89.4 cm³/mol. The minimum atomic E-state index is 0.0580. The van der Waals surface area contributed by atoms with E-state index in [4.69, 9.17) is 0 Å². The molecule has 0 bridgehead atoms. The maximum atomic E-state index is 12.3. The normalized spacial score (nSPS) is 27.1. The number of carbonyl (C=O) groups excluding carboxylic acids is 2. The van der Waals surface area contributed by atoms with Crippen molar-refractivity contribution in [1.29, 1.82) is 0 Å². The van der Waals surface area contributed by atoms with Gasteiger partial charge in [-0.15, -0.1) is 0 Å². The molecule has 130 valence electrons. The third kappa shape index (κ3) is 4.67. The molecule has 1 atom stereocenters. The van der Waals surface area contributed by atoms with Gasteiger partial charge in [-0.1, -0.05) is 19.3 Å². The first kappa shape index (κ1) is 16.7. The number of hydrogen-bond acceptors (Lipinski definition) is 4. The third-order valence-electron chi connectivity index (χ3n) is 5.42. The van der Waals surface area contributed by atoms with Gasteiger partial charge >= 0.3 is 6.03 Å². The zero-order valence-electron chi connectivity index (χ0n) is 14.1. The summed E-state index contributed by atoms with van der Waals surface area (Å²) in [6.07, 6.45) is 8.08. The largest absolute Gasteiger partial charge is 0.335 e. The van der Waals surface area contributed by atoms with Gasteiger partial charge < -0.3 is 15.5 Å². The van der Waals surface area contributed by atoms with Crippen molar-refractivity contribution in [2.24, 2.45) is 0 Å². The summed E-state index contributed by atoms with van der Waals surface area (Å²) in [5.41, 5.74) is 0. The SMILES string of the molecule is O=C(CN1CCN(C(=O)NC2CCCCC2)CC1)C1CCCN1. The summed E-state index contributed by atoms with van der Waals surface area (Å²) in [5, 5.41) is 6.45. The predicted octanol–water partition coefficient (Wildman–Crippen LogP) is 0.967. The number of ketones is 1. The fourth-order valence-corrected chi connectivity index (χ4v) is 3.91. The molecule has 0 aromatic rings. The molecule has 1 saturated carbocycles. The van der Waals surface area contributed by atoms with Gasteiger partial charge in [-0.05, 0) is 32.2 Å². The summed E-state index contributed by atoms with van der Waals surface area (Å²) >= 11 is 0. The molecular formula is C17H30N4O2. The maximum Gasteiger partial charge on any atom is 0.317 e. The molecule has 0 aromatic carbocycles. The molecule has 3 aliphatic rings. The molecule has 3 rings (SSSR count). The van der Waals surface area contributed by atoms with E-state index in [1.165, 1.54) is 19.3 Å². The molecule has 0 aromatic heterocycles. The first-order valence-corrected chi connectivity index (χ1v) is 9.26. The molecule has 1 unspecified atom stereocenters.